The van der Waals surface area contributed by atoms with E-state index in [9.17, 15) is 8.42 Å². The highest BCUT2D eigenvalue weighted by molar-refractivity contribution is 7.89. The predicted octanol–water partition coefficient (Wildman–Crippen LogP) is 3.09. The first kappa shape index (κ1) is 20.6. The van der Waals surface area contributed by atoms with E-state index in [0.29, 0.717) is 5.39 Å². The molecule has 3 heterocycles. The molecule has 0 spiro atoms. The number of halogens is 1. The SMILES string of the molecule is CN1C(N)=NC(C)(c2sc3c(-c4ccc(-n5nccn5)cc4)cccc3c2F)CS1(=O)=O. The number of benzene rings is 2. The van der Waals surface area contributed by atoms with Crippen LogP contribution in [0.1, 0.15) is 11.8 Å². The molecule has 0 fully saturated rings. The zero-order valence-electron chi connectivity index (χ0n) is 17.2. The fraction of sp³-hybridized carbons (Fsp3) is 0.190. The minimum absolute atomic E-state index is 0.154. The first-order valence-electron chi connectivity index (χ1n) is 9.70. The summed E-state index contributed by atoms with van der Waals surface area (Å²) in [4.78, 5) is 6.11. The molecule has 1 aliphatic rings. The topological polar surface area (TPSA) is 106 Å². The van der Waals surface area contributed by atoms with E-state index >= 15 is 4.39 Å². The van der Waals surface area contributed by atoms with Crippen LogP contribution in [0.2, 0.25) is 0 Å². The van der Waals surface area contributed by atoms with Crippen LogP contribution in [-0.4, -0.2) is 46.5 Å². The van der Waals surface area contributed by atoms with Crippen LogP contribution in [0.5, 0.6) is 0 Å². The van der Waals surface area contributed by atoms with E-state index in [1.807, 2.05) is 30.3 Å². The van der Waals surface area contributed by atoms with Gasteiger partial charge in [0.05, 0.1) is 28.7 Å². The molecule has 8 nitrogen and oxygen atoms in total. The molecule has 1 atom stereocenters. The van der Waals surface area contributed by atoms with E-state index < -0.39 is 21.4 Å². The fourth-order valence-electron chi connectivity index (χ4n) is 3.85. The van der Waals surface area contributed by atoms with Crippen molar-refractivity contribution >= 4 is 37.4 Å². The Morgan fingerprint density at radius 1 is 1.12 bits per heavy atom. The Balaban J connectivity index is 1.64. The average molecular weight is 471 g/mol. The number of rotatable bonds is 3. The van der Waals surface area contributed by atoms with Gasteiger partial charge in [-0.3, -0.25) is 0 Å². The lowest BCUT2D eigenvalue weighted by atomic mass is 10.0. The third kappa shape index (κ3) is 3.16. The molecule has 0 bridgehead atoms. The highest BCUT2D eigenvalue weighted by Crippen LogP contribution is 2.44. The lowest BCUT2D eigenvalue weighted by molar-refractivity contribution is 0.467. The van der Waals surface area contributed by atoms with Crippen LogP contribution in [0, 0.1) is 5.82 Å². The molecule has 2 N–H and O–H groups in total. The van der Waals surface area contributed by atoms with E-state index in [4.69, 9.17) is 5.73 Å². The minimum Gasteiger partial charge on any atom is -0.369 e. The number of aromatic nitrogens is 3. The summed E-state index contributed by atoms with van der Waals surface area (Å²) < 4.78 is 42.3. The maximum absolute atomic E-state index is 15.6. The largest absolute Gasteiger partial charge is 0.369 e. The second-order valence-electron chi connectivity index (χ2n) is 7.76. The molecule has 0 radical (unpaired) electrons. The van der Waals surface area contributed by atoms with Gasteiger partial charge in [-0.25, -0.2) is 22.1 Å². The molecule has 1 aliphatic heterocycles. The molecule has 0 saturated carbocycles. The van der Waals surface area contributed by atoms with Gasteiger partial charge < -0.3 is 5.73 Å². The molecule has 0 saturated heterocycles. The van der Waals surface area contributed by atoms with E-state index in [2.05, 4.69) is 15.2 Å². The Hall–Kier alpha value is -3.31. The summed E-state index contributed by atoms with van der Waals surface area (Å²) in [6.07, 6.45) is 3.20. The minimum atomic E-state index is -3.71. The van der Waals surface area contributed by atoms with Crippen LogP contribution in [0.15, 0.2) is 59.9 Å². The van der Waals surface area contributed by atoms with Gasteiger partial charge in [-0.15, -0.1) is 11.3 Å². The number of nitrogens with zero attached hydrogens (tertiary/aromatic N) is 5. The van der Waals surface area contributed by atoms with Crippen LogP contribution in [0.4, 0.5) is 4.39 Å². The van der Waals surface area contributed by atoms with Crippen LogP contribution in [-0.2, 0) is 15.6 Å². The van der Waals surface area contributed by atoms with E-state index in [-0.39, 0.29) is 16.6 Å². The highest BCUT2D eigenvalue weighted by atomic mass is 32.2. The number of thiophene rings is 1. The summed E-state index contributed by atoms with van der Waals surface area (Å²) in [5, 5.41) is 8.66. The number of guanidine groups is 1. The zero-order chi connectivity index (χ0) is 22.7. The number of hydrogen-bond donors (Lipinski definition) is 1. The second-order valence-corrected chi connectivity index (χ2v) is 10.8. The Morgan fingerprint density at radius 3 is 2.47 bits per heavy atom. The van der Waals surface area contributed by atoms with Crippen molar-refractivity contribution in [3.05, 3.63) is 65.6 Å². The molecule has 4 aromatic rings. The molecule has 32 heavy (non-hydrogen) atoms. The van der Waals surface area contributed by atoms with Crippen LogP contribution < -0.4 is 5.73 Å². The fourth-order valence-corrected chi connectivity index (χ4v) is 6.69. The van der Waals surface area contributed by atoms with Crippen molar-refractivity contribution in [3.8, 4) is 16.8 Å². The molecule has 2 aromatic carbocycles. The predicted molar refractivity (Wildman–Crippen MR) is 123 cm³/mol. The molecule has 0 amide bonds. The number of sulfonamides is 1. The normalized spacial score (nSPS) is 20.5. The van der Waals surface area contributed by atoms with Crippen LogP contribution >= 0.6 is 11.3 Å². The highest BCUT2D eigenvalue weighted by Gasteiger charge is 2.43. The third-order valence-electron chi connectivity index (χ3n) is 5.54. The van der Waals surface area contributed by atoms with Gasteiger partial charge in [-0.05, 0) is 30.2 Å². The van der Waals surface area contributed by atoms with Gasteiger partial charge in [-0.1, -0.05) is 30.3 Å². The lowest BCUT2D eigenvalue weighted by Gasteiger charge is -2.33. The van der Waals surface area contributed by atoms with E-state index in [1.165, 1.54) is 23.2 Å². The molecular formula is C21H19FN6O2S2. The van der Waals surface area contributed by atoms with Gasteiger partial charge in [0.1, 0.15) is 11.4 Å². The van der Waals surface area contributed by atoms with Crippen molar-refractivity contribution < 1.29 is 12.8 Å². The molecule has 164 valence electrons. The average Bonchev–Trinajstić information content (AvgIpc) is 3.41. The quantitative estimate of drug-likeness (QED) is 0.495. The Kier molecular flexibility index (Phi) is 4.57. The van der Waals surface area contributed by atoms with Gasteiger partial charge in [0.15, 0.2) is 0 Å². The zero-order valence-corrected chi connectivity index (χ0v) is 18.9. The maximum Gasteiger partial charge on any atom is 0.239 e. The van der Waals surface area contributed by atoms with E-state index in [1.54, 1.807) is 31.5 Å². The lowest BCUT2D eigenvalue weighted by Crippen LogP contribution is -2.50. The summed E-state index contributed by atoms with van der Waals surface area (Å²) in [7, 11) is -2.36. The van der Waals surface area contributed by atoms with Crippen molar-refractivity contribution in [2.75, 3.05) is 12.8 Å². The summed E-state index contributed by atoms with van der Waals surface area (Å²) in [6, 6.07) is 13.0. The standard InChI is InChI=1S/C21H19FN6O2S2/c1-21(12-32(29,30)27(2)20(23)26-21)19-17(22)16-5-3-4-15(18(16)31-19)13-6-8-14(9-7-13)28-24-10-11-25-28/h3-11H,12H2,1-2H3,(H2,23,26). The van der Waals surface area contributed by atoms with Crippen LogP contribution in [0.25, 0.3) is 26.9 Å². The van der Waals surface area contributed by atoms with Crippen molar-refractivity contribution in [3.63, 3.8) is 0 Å². The van der Waals surface area contributed by atoms with Gasteiger partial charge >= 0.3 is 0 Å². The Labute approximate surface area is 187 Å². The third-order valence-corrected chi connectivity index (χ3v) is 8.95. The molecule has 5 rings (SSSR count). The second kappa shape index (κ2) is 7.10. The molecule has 2 aromatic heterocycles. The van der Waals surface area contributed by atoms with Gasteiger partial charge in [-0.2, -0.15) is 15.0 Å². The monoisotopic (exact) mass is 470 g/mol. The number of fused-ring (bicyclic) bond motifs is 1. The molecule has 0 aliphatic carbocycles. The summed E-state index contributed by atoms with van der Waals surface area (Å²) in [6.45, 7) is 1.60. The first-order valence-corrected chi connectivity index (χ1v) is 12.1. The summed E-state index contributed by atoms with van der Waals surface area (Å²) in [5.41, 5.74) is 7.08. The van der Waals surface area contributed by atoms with Gasteiger partial charge in [0.25, 0.3) is 0 Å². The van der Waals surface area contributed by atoms with Crippen molar-refractivity contribution in [2.45, 2.75) is 12.5 Å². The Morgan fingerprint density at radius 2 is 1.81 bits per heavy atom. The first-order chi connectivity index (χ1) is 15.2. The molecule has 1 unspecified atom stereocenters. The molecular weight excluding hydrogens is 451 g/mol. The van der Waals surface area contributed by atoms with Crippen molar-refractivity contribution in [1.82, 2.24) is 19.3 Å². The van der Waals surface area contributed by atoms with E-state index in [0.717, 1.165) is 25.8 Å². The van der Waals surface area contributed by atoms with Crippen molar-refractivity contribution in [2.24, 2.45) is 10.7 Å². The maximum atomic E-state index is 15.6. The number of hydrogen-bond acceptors (Lipinski definition) is 7. The summed E-state index contributed by atoms with van der Waals surface area (Å²) >= 11 is 1.21. The van der Waals surface area contributed by atoms with Crippen LogP contribution in [0.3, 0.4) is 0 Å². The molecule has 11 heteroatoms. The van der Waals surface area contributed by atoms with Crippen molar-refractivity contribution in [1.29, 1.82) is 0 Å². The smallest absolute Gasteiger partial charge is 0.239 e. The number of aliphatic imine (C=N–C) groups is 1. The number of nitrogens with two attached hydrogens (primary N) is 1. The summed E-state index contributed by atoms with van der Waals surface area (Å²) in [5.74, 6) is -0.983. The van der Waals surface area contributed by atoms with Gasteiger partial charge in [0, 0.05) is 17.1 Å². The Bertz CT molecular complexity index is 1460. The van der Waals surface area contributed by atoms with Gasteiger partial charge in [0.2, 0.25) is 16.0 Å².